The molecule has 0 bridgehead atoms. The fourth-order valence-corrected chi connectivity index (χ4v) is 6.46. The smallest absolute Gasteiger partial charge is 0.326 e. The van der Waals surface area contributed by atoms with Crippen LogP contribution in [0.5, 0.6) is 0 Å². The highest BCUT2D eigenvalue weighted by molar-refractivity contribution is 5.85. The number of carbonyl (C=O) groups excluding carboxylic acids is 5. The van der Waals surface area contributed by atoms with Crippen LogP contribution in [0.25, 0.3) is 0 Å². The molecular weight excluding hydrogens is 807 g/mol. The first kappa shape index (κ1) is 58.5. The van der Waals surface area contributed by atoms with Crippen molar-refractivity contribution in [2.24, 2.45) is 5.73 Å². The first-order valence-corrected chi connectivity index (χ1v) is 22.8. The lowest BCUT2D eigenvalue weighted by Gasteiger charge is -2.14. The van der Waals surface area contributed by atoms with E-state index < -0.39 is 18.0 Å². The number of ketones is 2. The van der Waals surface area contributed by atoms with Gasteiger partial charge in [-0.05, 0) is 45.6 Å². The van der Waals surface area contributed by atoms with Crippen molar-refractivity contribution in [3.63, 3.8) is 0 Å². The number of carboxylic acids is 2. The number of unbranched alkanes of at least 4 members (excludes halogenated alkanes) is 15. The zero-order valence-electron chi connectivity index (χ0n) is 38.7. The zero-order chi connectivity index (χ0) is 47.2. The van der Waals surface area contributed by atoms with Gasteiger partial charge in [0.15, 0.2) is 5.78 Å². The molecular formula is C44H83N5O13. The molecule has 362 valence electrons. The fourth-order valence-electron chi connectivity index (χ4n) is 6.46. The summed E-state index contributed by atoms with van der Waals surface area (Å²) < 4.78 is 26.7. The van der Waals surface area contributed by atoms with Crippen molar-refractivity contribution >= 4 is 41.2 Å². The molecule has 0 aliphatic rings. The van der Waals surface area contributed by atoms with Gasteiger partial charge in [0.05, 0.1) is 39.1 Å². The summed E-state index contributed by atoms with van der Waals surface area (Å²) in [5, 5.41) is 26.3. The van der Waals surface area contributed by atoms with Crippen molar-refractivity contribution < 1.29 is 64.1 Å². The molecule has 18 nitrogen and oxygen atoms in total. The van der Waals surface area contributed by atoms with Gasteiger partial charge in [-0.3, -0.25) is 28.8 Å². The number of ether oxygens (including phenoxy) is 4. The molecule has 18 heteroatoms. The number of likely N-dealkylation sites (N-methyl/N-ethyl adjacent to an activating group) is 1. The van der Waals surface area contributed by atoms with Crippen molar-refractivity contribution in [1.82, 2.24) is 22.1 Å². The molecule has 0 heterocycles. The maximum Gasteiger partial charge on any atom is 0.326 e. The standard InChI is InChI=1S/C44H80N4O13.H3N/c1-46-38(43(45)55)22-16-14-15-20-37(50)34-60-32-31-59-29-27-47-41(52)35-61-33-30-58-28-19-21-36(49)25-26-39(44(56)57)48-40(51)23-17-12-10-8-6-4-2-3-5-7-9-11-13-18-24-42(53)54;/h38-39,46H,2-35H2,1H3,(H2,45,55)(H,47,52)(H,48,51)(H,53,54)(H,56,57);1H3/t38-,39-;/m0./s1/i/hT. The van der Waals surface area contributed by atoms with Crippen molar-refractivity contribution in [3.05, 3.63) is 0 Å². The topological polar surface area (TPSA) is 294 Å². The minimum atomic E-state index is -1.16. The second kappa shape index (κ2) is 44.1. The Balaban J connectivity index is 0. The molecule has 0 aromatic carbocycles. The number of primary amides is 1. The van der Waals surface area contributed by atoms with Gasteiger partial charge in [-0.15, -0.1) is 0 Å². The van der Waals surface area contributed by atoms with Crippen LogP contribution in [0.1, 0.15) is 161 Å². The quantitative estimate of drug-likeness (QED) is 0.0398. The monoisotopic (exact) mass is 892 g/mol. The molecule has 0 spiro atoms. The molecule has 0 radical (unpaired) electrons. The number of hydrogen-bond acceptors (Lipinski definition) is 13. The van der Waals surface area contributed by atoms with Crippen LogP contribution in [-0.4, -0.2) is 130 Å². The van der Waals surface area contributed by atoms with E-state index in [1.807, 2.05) is 0 Å². The number of Topliss-reactive ketones (excluding diaryl/α,β-unsaturated/α-hetero) is 2. The Hall–Kier alpha value is -3.55. The van der Waals surface area contributed by atoms with Crippen LogP contribution in [0.4, 0.5) is 0 Å². The van der Waals surface area contributed by atoms with E-state index in [0.717, 1.165) is 57.8 Å². The van der Waals surface area contributed by atoms with Gasteiger partial charge in [0.1, 0.15) is 26.5 Å². The summed E-state index contributed by atoms with van der Waals surface area (Å²) in [6, 6.07) is -1.44. The highest BCUT2D eigenvalue weighted by Crippen LogP contribution is 2.14. The second-order valence-corrected chi connectivity index (χ2v) is 15.5. The van der Waals surface area contributed by atoms with Crippen LogP contribution in [0.15, 0.2) is 0 Å². The molecule has 3 amide bonds. The Bertz CT molecular complexity index is 1200. The minimum absolute atomic E-state index is 0.00855. The first-order valence-electron chi connectivity index (χ1n) is 23.4. The number of hydrogen-bond donors (Lipinski definition) is 7. The van der Waals surface area contributed by atoms with Crippen molar-refractivity contribution in [3.8, 4) is 0 Å². The third-order valence-corrected chi connectivity index (χ3v) is 10.1. The van der Waals surface area contributed by atoms with E-state index in [1.165, 1.54) is 44.9 Å². The predicted octanol–water partition coefficient (Wildman–Crippen LogP) is 4.95. The van der Waals surface area contributed by atoms with Gasteiger partial charge in [0.2, 0.25) is 17.7 Å². The van der Waals surface area contributed by atoms with E-state index >= 15 is 0 Å². The summed E-state index contributed by atoms with van der Waals surface area (Å²) in [5.74, 6) is -2.95. The third-order valence-electron chi connectivity index (χ3n) is 10.1. The Morgan fingerprint density at radius 1 is 0.516 bits per heavy atom. The largest absolute Gasteiger partial charge is 0.481 e. The molecule has 2 atom stereocenters. The van der Waals surface area contributed by atoms with E-state index in [0.29, 0.717) is 38.8 Å². The lowest BCUT2D eigenvalue weighted by molar-refractivity contribution is -0.142. The number of rotatable bonds is 47. The van der Waals surface area contributed by atoms with Crippen LogP contribution in [-0.2, 0) is 52.5 Å². The van der Waals surface area contributed by atoms with Gasteiger partial charge in [-0.25, -0.2) is 4.79 Å². The van der Waals surface area contributed by atoms with Gasteiger partial charge < -0.3 is 57.0 Å². The first-order chi connectivity index (χ1) is 30.5. The molecule has 0 saturated heterocycles. The zero-order valence-corrected chi connectivity index (χ0v) is 37.7. The van der Waals surface area contributed by atoms with Gasteiger partial charge in [-0.2, -0.15) is 0 Å². The van der Waals surface area contributed by atoms with Crippen molar-refractivity contribution in [1.29, 1.82) is 0 Å². The molecule has 10 N–H and O–H groups in total. The maximum atomic E-state index is 12.3. The molecule has 0 aliphatic carbocycles. The number of amides is 3. The van der Waals surface area contributed by atoms with Crippen LogP contribution in [0, 0.1) is 0 Å². The Morgan fingerprint density at radius 2 is 1.00 bits per heavy atom. The summed E-state index contributed by atoms with van der Waals surface area (Å²) in [6.45, 7) is 1.75. The van der Waals surface area contributed by atoms with E-state index in [9.17, 15) is 38.7 Å². The average Bonchev–Trinajstić information content (AvgIpc) is 3.25. The molecule has 0 saturated carbocycles. The predicted molar refractivity (Wildman–Crippen MR) is 236 cm³/mol. The second-order valence-electron chi connectivity index (χ2n) is 15.5. The summed E-state index contributed by atoms with van der Waals surface area (Å²) in [6.07, 6.45) is 23.6. The molecule has 62 heavy (non-hydrogen) atoms. The third kappa shape index (κ3) is 41.8. The summed E-state index contributed by atoms with van der Waals surface area (Å²) in [4.78, 5) is 81.9. The molecule has 0 rings (SSSR count). The Labute approximate surface area is 371 Å². The average molecular weight is 892 g/mol. The molecule has 0 fully saturated rings. The molecule has 0 aliphatic heterocycles. The summed E-state index contributed by atoms with van der Waals surface area (Å²) >= 11 is 0. The molecule has 0 unspecified atom stereocenters. The van der Waals surface area contributed by atoms with E-state index in [2.05, 4.69) is 22.1 Å². The van der Waals surface area contributed by atoms with Crippen LogP contribution < -0.4 is 27.8 Å². The number of carboxylic acid groups (broad SMARTS) is 2. The van der Waals surface area contributed by atoms with E-state index in [1.54, 1.807) is 7.05 Å². The highest BCUT2D eigenvalue weighted by Gasteiger charge is 2.21. The van der Waals surface area contributed by atoms with Crippen LogP contribution >= 0.6 is 0 Å². The Kier molecular flexibility index (Phi) is 41.5. The normalized spacial score (nSPS) is 12.1. The lowest BCUT2D eigenvalue weighted by atomic mass is 10.0. The van der Waals surface area contributed by atoms with E-state index in [-0.39, 0.29) is 114 Å². The van der Waals surface area contributed by atoms with Crippen LogP contribution in [0.2, 0.25) is 1.41 Å². The van der Waals surface area contributed by atoms with Crippen molar-refractivity contribution in [2.75, 3.05) is 66.4 Å². The lowest BCUT2D eigenvalue weighted by Crippen LogP contribution is -2.41. The van der Waals surface area contributed by atoms with Crippen molar-refractivity contribution in [2.45, 2.75) is 173 Å². The fraction of sp³-hybridized carbons (Fsp3) is 0.841. The molecule has 0 aromatic heterocycles. The number of nitrogens with one attached hydrogen (secondary N) is 3. The summed E-state index contributed by atoms with van der Waals surface area (Å²) in [5.41, 5.74) is 5.29. The summed E-state index contributed by atoms with van der Waals surface area (Å²) in [7, 11) is 1.69. The van der Waals surface area contributed by atoms with Crippen LogP contribution in [0.3, 0.4) is 0 Å². The van der Waals surface area contributed by atoms with Gasteiger partial charge in [-0.1, -0.05) is 89.9 Å². The van der Waals surface area contributed by atoms with Gasteiger partial charge in [0.25, 0.3) is 0 Å². The number of aliphatic carboxylic acids is 2. The highest BCUT2D eigenvalue weighted by atomic mass is 16.5. The van der Waals surface area contributed by atoms with Gasteiger partial charge in [0, 0.05) is 45.3 Å². The van der Waals surface area contributed by atoms with E-state index in [4.69, 9.17) is 31.2 Å². The SMILES string of the molecule is CN[C@@H](CCCCCC(=O)COCCOCCNC(=O)COCCOCCCC(=O)CC[C@H](NC(=O)CCCCCCCCCCCCCCCCC(=O)O)C(=O)O)C(N)=O.[3H]N. The number of nitrogens with two attached hydrogens (primary N) is 1. The minimum Gasteiger partial charge on any atom is -0.481 e. The number of carbonyl (C=O) groups is 7. The Morgan fingerprint density at radius 3 is 1.55 bits per heavy atom. The van der Waals surface area contributed by atoms with Gasteiger partial charge >= 0.3 is 11.9 Å². The maximum absolute atomic E-state index is 12.3. The molecule has 0 aromatic rings.